The molecule has 3 heterocycles. The zero-order chi connectivity index (χ0) is 24.8. The van der Waals surface area contributed by atoms with Crippen molar-refractivity contribution in [1.82, 2.24) is 13.9 Å². The Balaban J connectivity index is 1.66. The van der Waals surface area contributed by atoms with Crippen LogP contribution in [0, 0.1) is 18.3 Å². The van der Waals surface area contributed by atoms with E-state index in [2.05, 4.69) is 9.97 Å². The molecular formula is C24H21ClN4O4S2. The van der Waals surface area contributed by atoms with Crippen LogP contribution in [-0.2, 0) is 25.1 Å². The van der Waals surface area contributed by atoms with E-state index in [-0.39, 0.29) is 23.0 Å². The van der Waals surface area contributed by atoms with Crippen molar-refractivity contribution in [2.75, 3.05) is 13.9 Å². The first kappa shape index (κ1) is 23.9. The zero-order valence-corrected chi connectivity index (χ0v) is 21.4. The number of halogens is 1. The molecule has 0 aliphatic heterocycles. The summed E-state index contributed by atoms with van der Waals surface area (Å²) in [5.74, 6) is 0. The number of methoxy groups -OCH3 is 1. The highest BCUT2D eigenvalue weighted by Gasteiger charge is 2.43. The Morgan fingerprint density at radius 3 is 2.60 bits per heavy atom. The highest BCUT2D eigenvalue weighted by atomic mass is 35.5. The normalized spacial score (nSPS) is 15.1. The van der Waals surface area contributed by atoms with Crippen molar-refractivity contribution in [3.63, 3.8) is 0 Å². The van der Waals surface area contributed by atoms with E-state index in [0.29, 0.717) is 16.0 Å². The lowest BCUT2D eigenvalue weighted by Gasteiger charge is -2.39. The summed E-state index contributed by atoms with van der Waals surface area (Å²) in [6.07, 6.45) is 5.82. The fourth-order valence-corrected chi connectivity index (χ4v) is 7.09. The first-order valence-electron chi connectivity index (χ1n) is 10.8. The van der Waals surface area contributed by atoms with Gasteiger partial charge in [0.15, 0.2) is 5.65 Å². The van der Waals surface area contributed by atoms with Gasteiger partial charge in [-0.2, -0.15) is 5.26 Å². The van der Waals surface area contributed by atoms with Gasteiger partial charge >= 0.3 is 0 Å². The quantitative estimate of drug-likeness (QED) is 0.302. The number of nitrogens with zero attached hydrogens (tertiary/aromatic N) is 4. The molecule has 0 radical (unpaired) electrons. The Morgan fingerprint density at radius 1 is 1.23 bits per heavy atom. The maximum atomic E-state index is 13.5. The Morgan fingerprint density at radius 2 is 1.97 bits per heavy atom. The number of nitriles is 1. The molecular weight excluding hydrogens is 508 g/mol. The van der Waals surface area contributed by atoms with Crippen LogP contribution in [0.2, 0.25) is 5.02 Å². The van der Waals surface area contributed by atoms with Crippen LogP contribution < -0.4 is 0 Å². The topological polar surface area (TPSA) is 107 Å². The smallest absolute Gasteiger partial charge is 0.270 e. The van der Waals surface area contributed by atoms with E-state index in [4.69, 9.17) is 21.1 Å². The molecule has 8 nitrogen and oxygen atoms in total. The maximum absolute atomic E-state index is 13.5. The fourth-order valence-electron chi connectivity index (χ4n) is 4.18. The Labute approximate surface area is 211 Å². The van der Waals surface area contributed by atoms with E-state index in [9.17, 15) is 13.7 Å². The Kier molecular flexibility index (Phi) is 6.15. The molecule has 11 heteroatoms. The number of aromatic nitrogens is 3. The third-order valence-electron chi connectivity index (χ3n) is 6.17. The first-order chi connectivity index (χ1) is 16.8. The van der Waals surface area contributed by atoms with E-state index in [0.717, 1.165) is 38.7 Å². The molecule has 180 valence electrons. The number of aryl methyl sites for hydroxylation is 1. The number of rotatable bonds is 7. The van der Waals surface area contributed by atoms with Crippen LogP contribution in [0.1, 0.15) is 35.5 Å². The SMILES string of the molecule is COCOC1(c2ncc(-c3c(Cl)cnc4c3cc(C#N)n4S(=O)(=O)c3ccc(C)cc3)s2)CCC1. The molecule has 1 saturated carbocycles. The van der Waals surface area contributed by atoms with Gasteiger partial charge in [-0.05, 0) is 44.4 Å². The predicted octanol–water partition coefficient (Wildman–Crippen LogP) is 5.23. The summed E-state index contributed by atoms with van der Waals surface area (Å²) in [6, 6.07) is 9.96. The van der Waals surface area contributed by atoms with Crippen molar-refractivity contribution >= 4 is 44.0 Å². The fraction of sp³-hybridized carbons (Fsp3) is 0.292. The number of fused-ring (bicyclic) bond motifs is 1. The van der Waals surface area contributed by atoms with Crippen LogP contribution in [-0.4, -0.2) is 36.3 Å². The van der Waals surface area contributed by atoms with Crippen molar-refractivity contribution in [3.8, 4) is 16.5 Å². The molecule has 1 fully saturated rings. The summed E-state index contributed by atoms with van der Waals surface area (Å²) >= 11 is 8.00. The third kappa shape index (κ3) is 3.93. The molecule has 0 saturated heterocycles. The number of pyridine rings is 1. The van der Waals surface area contributed by atoms with Gasteiger partial charge < -0.3 is 9.47 Å². The molecule has 3 aromatic heterocycles. The molecule has 4 aromatic rings. The average molecular weight is 529 g/mol. The highest BCUT2D eigenvalue weighted by molar-refractivity contribution is 7.90. The molecule has 5 rings (SSSR count). The summed E-state index contributed by atoms with van der Waals surface area (Å²) in [6.45, 7) is 2.04. The Bertz CT molecular complexity index is 1570. The van der Waals surface area contributed by atoms with Crippen molar-refractivity contribution in [2.24, 2.45) is 0 Å². The molecule has 35 heavy (non-hydrogen) atoms. The van der Waals surface area contributed by atoms with E-state index >= 15 is 0 Å². The number of hydrogen-bond acceptors (Lipinski definition) is 8. The monoisotopic (exact) mass is 528 g/mol. The van der Waals surface area contributed by atoms with Gasteiger partial charge in [-0.25, -0.2) is 22.4 Å². The standard InChI is InChI=1S/C24H21ClN4O4S2/c1-15-4-6-17(7-5-15)35(30,31)29-16(11-26)10-18-21(19(25)12-27-22(18)29)20-13-28-23(34-20)24(8-3-9-24)33-14-32-2/h4-7,10,12-13H,3,8-9,14H2,1-2H3. The van der Waals surface area contributed by atoms with Gasteiger partial charge in [-0.15, -0.1) is 11.3 Å². The van der Waals surface area contributed by atoms with Gasteiger partial charge in [0.05, 0.1) is 14.8 Å². The van der Waals surface area contributed by atoms with Crippen LogP contribution in [0.15, 0.2) is 47.6 Å². The van der Waals surface area contributed by atoms with E-state index < -0.39 is 15.6 Å². The minimum Gasteiger partial charge on any atom is -0.359 e. The lowest BCUT2D eigenvalue weighted by molar-refractivity contribution is -0.171. The second kappa shape index (κ2) is 9.00. The minimum absolute atomic E-state index is 0.0554. The third-order valence-corrected chi connectivity index (χ3v) is 9.38. The summed E-state index contributed by atoms with van der Waals surface area (Å²) in [5.41, 5.74) is 1.09. The van der Waals surface area contributed by atoms with Gasteiger partial charge in [-0.3, -0.25) is 0 Å². The molecule has 0 amide bonds. The van der Waals surface area contributed by atoms with Gasteiger partial charge in [0.2, 0.25) is 0 Å². The van der Waals surface area contributed by atoms with E-state index in [1.165, 1.54) is 35.7 Å². The van der Waals surface area contributed by atoms with Crippen LogP contribution in [0.5, 0.6) is 0 Å². The summed E-state index contributed by atoms with van der Waals surface area (Å²) < 4.78 is 39.1. The molecule has 0 N–H and O–H groups in total. The van der Waals surface area contributed by atoms with Crippen LogP contribution >= 0.6 is 22.9 Å². The molecule has 1 aliphatic carbocycles. The second-order valence-corrected chi connectivity index (χ2v) is 11.6. The summed E-state index contributed by atoms with van der Waals surface area (Å²) in [4.78, 5) is 9.72. The molecule has 0 spiro atoms. The van der Waals surface area contributed by atoms with Crippen LogP contribution in [0.4, 0.5) is 0 Å². The molecule has 1 aromatic carbocycles. The summed E-state index contributed by atoms with van der Waals surface area (Å²) in [5, 5.41) is 11.4. The van der Waals surface area contributed by atoms with E-state index in [1.807, 2.05) is 13.0 Å². The van der Waals surface area contributed by atoms with Crippen molar-refractivity contribution < 1.29 is 17.9 Å². The van der Waals surface area contributed by atoms with Crippen molar-refractivity contribution in [2.45, 2.75) is 36.7 Å². The van der Waals surface area contributed by atoms with Crippen molar-refractivity contribution in [3.05, 3.63) is 64.0 Å². The first-order valence-corrected chi connectivity index (χ1v) is 13.5. The highest BCUT2D eigenvalue weighted by Crippen LogP contribution is 2.48. The Hall–Kier alpha value is -2.81. The molecule has 0 atom stereocenters. The number of hydrogen-bond donors (Lipinski definition) is 0. The largest absolute Gasteiger partial charge is 0.359 e. The van der Waals surface area contributed by atoms with Gasteiger partial charge in [0.1, 0.15) is 29.2 Å². The average Bonchev–Trinajstić information content (AvgIpc) is 3.44. The number of benzene rings is 1. The minimum atomic E-state index is -4.07. The van der Waals surface area contributed by atoms with Gasteiger partial charge in [0.25, 0.3) is 10.0 Å². The lowest BCUT2D eigenvalue weighted by atomic mass is 9.80. The predicted molar refractivity (Wildman–Crippen MR) is 133 cm³/mol. The maximum Gasteiger partial charge on any atom is 0.270 e. The number of ether oxygens (including phenoxy) is 2. The van der Waals surface area contributed by atoms with E-state index in [1.54, 1.807) is 25.4 Å². The lowest BCUT2D eigenvalue weighted by Crippen LogP contribution is -2.37. The van der Waals surface area contributed by atoms with Crippen molar-refractivity contribution in [1.29, 1.82) is 5.26 Å². The molecule has 0 unspecified atom stereocenters. The molecule has 0 bridgehead atoms. The second-order valence-electron chi connectivity index (χ2n) is 8.37. The summed E-state index contributed by atoms with van der Waals surface area (Å²) in [7, 11) is -2.50. The zero-order valence-electron chi connectivity index (χ0n) is 19.0. The van der Waals surface area contributed by atoms with Gasteiger partial charge in [-0.1, -0.05) is 29.3 Å². The number of thiazole rings is 1. The van der Waals surface area contributed by atoms with Gasteiger partial charge in [0, 0.05) is 30.5 Å². The molecule has 1 aliphatic rings. The van der Waals surface area contributed by atoms with Crippen LogP contribution in [0.3, 0.4) is 0 Å². The van der Waals surface area contributed by atoms with Crippen LogP contribution in [0.25, 0.3) is 21.5 Å².